The number of benzene rings is 2. The molecule has 0 aliphatic heterocycles. The van der Waals surface area contributed by atoms with Crippen LogP contribution in [-0.4, -0.2) is 40.4 Å². The molecule has 0 bridgehead atoms. The molecule has 0 fully saturated rings. The zero-order chi connectivity index (χ0) is 22.5. The van der Waals surface area contributed by atoms with E-state index in [-0.39, 0.29) is 12.5 Å². The number of ether oxygens (including phenoxy) is 2. The number of aromatic nitrogens is 3. The average molecular weight is 451 g/mol. The van der Waals surface area contributed by atoms with E-state index in [1.807, 2.05) is 67.9 Å². The monoisotopic (exact) mass is 450 g/mol. The Bertz CT molecular complexity index is 1170. The van der Waals surface area contributed by atoms with Crippen LogP contribution in [0.25, 0.3) is 10.2 Å². The molecule has 2 aromatic heterocycles. The summed E-state index contributed by atoms with van der Waals surface area (Å²) in [6.07, 6.45) is 0. The minimum Gasteiger partial charge on any atom is -0.494 e. The Labute approximate surface area is 191 Å². The van der Waals surface area contributed by atoms with Crippen LogP contribution in [0.1, 0.15) is 18.3 Å². The second-order valence-electron chi connectivity index (χ2n) is 7.35. The highest BCUT2D eigenvalue weighted by Gasteiger charge is 2.21. The van der Waals surface area contributed by atoms with Gasteiger partial charge in [-0.2, -0.15) is 5.10 Å². The van der Waals surface area contributed by atoms with Gasteiger partial charge in [-0.25, -0.2) is 4.98 Å². The van der Waals surface area contributed by atoms with Crippen molar-refractivity contribution in [2.45, 2.75) is 27.3 Å². The number of carbonyl (C=O) groups excluding carboxylic acids is 1. The molecule has 0 aliphatic rings. The number of nitrogens with zero attached hydrogens (tertiary/aromatic N) is 4. The summed E-state index contributed by atoms with van der Waals surface area (Å²) in [5.41, 5.74) is 2.90. The van der Waals surface area contributed by atoms with Crippen molar-refractivity contribution in [2.75, 3.05) is 24.7 Å². The van der Waals surface area contributed by atoms with Crippen molar-refractivity contribution in [3.63, 3.8) is 0 Å². The van der Waals surface area contributed by atoms with Gasteiger partial charge in [-0.3, -0.25) is 14.4 Å². The predicted octanol–water partition coefficient (Wildman–Crippen LogP) is 4.62. The van der Waals surface area contributed by atoms with Crippen LogP contribution in [-0.2, 0) is 11.3 Å². The van der Waals surface area contributed by atoms with Crippen LogP contribution >= 0.6 is 11.3 Å². The highest BCUT2D eigenvalue weighted by Crippen LogP contribution is 2.29. The summed E-state index contributed by atoms with van der Waals surface area (Å²) in [5, 5.41) is 5.17. The van der Waals surface area contributed by atoms with E-state index in [0.717, 1.165) is 27.4 Å². The normalized spacial score (nSPS) is 11.0. The molecule has 0 radical (unpaired) electrons. The summed E-state index contributed by atoms with van der Waals surface area (Å²) in [5.74, 6) is 1.23. The molecule has 8 heteroatoms. The van der Waals surface area contributed by atoms with E-state index in [9.17, 15) is 4.79 Å². The molecule has 32 heavy (non-hydrogen) atoms. The lowest BCUT2D eigenvalue weighted by atomic mass is 10.3. The maximum absolute atomic E-state index is 13.2. The summed E-state index contributed by atoms with van der Waals surface area (Å²) in [6.45, 7) is 7.46. The summed E-state index contributed by atoms with van der Waals surface area (Å²) < 4.78 is 14.2. The molecule has 4 rings (SSSR count). The molecule has 0 atom stereocenters. The van der Waals surface area contributed by atoms with E-state index in [2.05, 4.69) is 10.1 Å². The van der Waals surface area contributed by atoms with E-state index in [1.54, 1.807) is 17.0 Å². The number of carbonyl (C=O) groups is 1. The molecular weight excluding hydrogens is 424 g/mol. The molecule has 2 aromatic carbocycles. The van der Waals surface area contributed by atoms with Crippen LogP contribution < -0.4 is 14.4 Å². The van der Waals surface area contributed by atoms with Crippen LogP contribution in [0.5, 0.6) is 11.5 Å². The van der Waals surface area contributed by atoms with E-state index >= 15 is 0 Å². The first-order chi connectivity index (χ1) is 15.5. The Morgan fingerprint density at radius 2 is 1.78 bits per heavy atom. The molecule has 7 nitrogen and oxygen atoms in total. The van der Waals surface area contributed by atoms with E-state index in [0.29, 0.717) is 30.6 Å². The van der Waals surface area contributed by atoms with Crippen LogP contribution in [0.15, 0.2) is 54.6 Å². The second kappa shape index (κ2) is 9.82. The predicted molar refractivity (Wildman–Crippen MR) is 127 cm³/mol. The van der Waals surface area contributed by atoms with Gasteiger partial charge in [-0.15, -0.1) is 0 Å². The zero-order valence-corrected chi connectivity index (χ0v) is 19.3. The zero-order valence-electron chi connectivity index (χ0n) is 18.4. The lowest BCUT2D eigenvalue weighted by Gasteiger charge is -2.20. The highest BCUT2D eigenvalue weighted by atomic mass is 32.1. The maximum atomic E-state index is 13.2. The fourth-order valence-corrected chi connectivity index (χ4v) is 4.43. The molecule has 2 heterocycles. The third-order valence-corrected chi connectivity index (χ3v) is 6.01. The number of fused-ring (bicyclic) bond motifs is 1. The molecule has 4 aromatic rings. The summed E-state index contributed by atoms with van der Waals surface area (Å²) in [4.78, 5) is 19.6. The molecule has 0 saturated carbocycles. The van der Waals surface area contributed by atoms with Gasteiger partial charge in [0, 0.05) is 12.2 Å². The van der Waals surface area contributed by atoms with Crippen molar-refractivity contribution in [1.82, 2.24) is 14.8 Å². The third kappa shape index (κ3) is 5.08. The van der Waals surface area contributed by atoms with Crippen LogP contribution in [0.2, 0.25) is 0 Å². The molecule has 0 spiro atoms. The van der Waals surface area contributed by atoms with Crippen molar-refractivity contribution in [2.24, 2.45) is 0 Å². The largest absolute Gasteiger partial charge is 0.494 e. The lowest BCUT2D eigenvalue weighted by molar-refractivity contribution is -0.120. The fourth-order valence-electron chi connectivity index (χ4n) is 3.42. The Balaban J connectivity index is 1.50. The van der Waals surface area contributed by atoms with Crippen LogP contribution in [0.4, 0.5) is 5.13 Å². The first-order valence-corrected chi connectivity index (χ1v) is 11.4. The van der Waals surface area contributed by atoms with Gasteiger partial charge >= 0.3 is 0 Å². The molecular formula is C24H26N4O3S. The van der Waals surface area contributed by atoms with Gasteiger partial charge in [0.2, 0.25) is 0 Å². The van der Waals surface area contributed by atoms with Gasteiger partial charge in [-0.1, -0.05) is 23.5 Å². The maximum Gasteiger partial charge on any atom is 0.266 e. The Hall–Kier alpha value is -3.39. The van der Waals surface area contributed by atoms with Gasteiger partial charge in [-0.05, 0) is 63.2 Å². The smallest absolute Gasteiger partial charge is 0.266 e. The summed E-state index contributed by atoms with van der Waals surface area (Å²) in [6, 6.07) is 17.2. The SMILES string of the molecule is CCOc1ccc(OCC(=O)N(CCn2nc(C)cc2C)c2nc3ccccc3s2)cc1. The molecule has 0 unspecified atom stereocenters. The quantitative estimate of drug-likeness (QED) is 0.372. The van der Waals surface area contributed by atoms with Crippen LogP contribution in [0.3, 0.4) is 0 Å². The fraction of sp³-hybridized carbons (Fsp3) is 0.292. The Morgan fingerprint density at radius 3 is 2.44 bits per heavy atom. The number of amides is 1. The van der Waals surface area contributed by atoms with Gasteiger partial charge in [0.25, 0.3) is 5.91 Å². The first-order valence-electron chi connectivity index (χ1n) is 10.6. The standard InChI is InChI=1S/C24H26N4O3S/c1-4-30-19-9-11-20(12-10-19)31-16-23(29)27(13-14-28-18(3)15-17(2)26-28)24-25-21-7-5-6-8-22(21)32-24/h5-12,15H,4,13-14,16H2,1-3H3. The van der Waals surface area contributed by atoms with Gasteiger partial charge < -0.3 is 9.47 Å². The Kier molecular flexibility index (Phi) is 6.70. The molecule has 0 N–H and O–H groups in total. The van der Waals surface area contributed by atoms with Gasteiger partial charge in [0.15, 0.2) is 11.7 Å². The van der Waals surface area contributed by atoms with Crippen LogP contribution in [0, 0.1) is 13.8 Å². The van der Waals surface area contributed by atoms with Crippen molar-refractivity contribution >= 4 is 32.6 Å². The van der Waals surface area contributed by atoms with Crippen molar-refractivity contribution in [3.8, 4) is 11.5 Å². The van der Waals surface area contributed by atoms with Crippen molar-refractivity contribution in [1.29, 1.82) is 0 Å². The number of rotatable bonds is 9. The number of hydrogen-bond acceptors (Lipinski definition) is 6. The Morgan fingerprint density at radius 1 is 1.06 bits per heavy atom. The first kappa shape index (κ1) is 21.8. The third-order valence-electron chi connectivity index (χ3n) is 4.95. The number of aryl methyl sites for hydroxylation is 2. The molecule has 166 valence electrons. The van der Waals surface area contributed by atoms with E-state index in [4.69, 9.17) is 9.47 Å². The van der Waals surface area contributed by atoms with Gasteiger partial charge in [0.05, 0.1) is 29.1 Å². The van der Waals surface area contributed by atoms with Crippen molar-refractivity contribution < 1.29 is 14.3 Å². The summed E-state index contributed by atoms with van der Waals surface area (Å²) in [7, 11) is 0. The second-order valence-corrected chi connectivity index (χ2v) is 8.36. The minimum atomic E-state index is -0.153. The lowest BCUT2D eigenvalue weighted by Crippen LogP contribution is -2.37. The number of thiazole rings is 1. The average Bonchev–Trinajstić information content (AvgIpc) is 3.35. The molecule has 1 amide bonds. The summed E-state index contributed by atoms with van der Waals surface area (Å²) >= 11 is 1.50. The van der Waals surface area contributed by atoms with Crippen molar-refractivity contribution in [3.05, 3.63) is 66.0 Å². The topological polar surface area (TPSA) is 69.5 Å². The highest BCUT2D eigenvalue weighted by molar-refractivity contribution is 7.22. The van der Waals surface area contributed by atoms with E-state index in [1.165, 1.54) is 11.3 Å². The number of anilines is 1. The molecule has 0 aliphatic carbocycles. The van der Waals surface area contributed by atoms with Gasteiger partial charge in [0.1, 0.15) is 11.5 Å². The number of hydrogen-bond donors (Lipinski definition) is 0. The van der Waals surface area contributed by atoms with E-state index < -0.39 is 0 Å². The number of para-hydroxylation sites is 1. The molecule has 0 saturated heterocycles. The minimum absolute atomic E-state index is 0.0823.